The van der Waals surface area contributed by atoms with Crippen molar-refractivity contribution in [3.63, 3.8) is 0 Å². The summed E-state index contributed by atoms with van der Waals surface area (Å²) in [6.45, 7) is 5.56. The molecule has 0 aliphatic rings. The molecule has 2 rings (SSSR count). The zero-order chi connectivity index (χ0) is 14.9. The van der Waals surface area contributed by atoms with Crippen LogP contribution in [0.4, 0.5) is 0 Å². The zero-order valence-corrected chi connectivity index (χ0v) is 12.3. The second kappa shape index (κ2) is 5.54. The van der Waals surface area contributed by atoms with Crippen molar-refractivity contribution in [3.8, 4) is 10.6 Å². The van der Waals surface area contributed by atoms with Crippen molar-refractivity contribution in [1.82, 2.24) is 4.98 Å². The number of thiazole rings is 1. The summed E-state index contributed by atoms with van der Waals surface area (Å²) in [5.74, 6) is -1.01. The lowest BCUT2D eigenvalue weighted by Gasteiger charge is -2.05. The van der Waals surface area contributed by atoms with Gasteiger partial charge in [-0.25, -0.2) is 9.78 Å². The molecule has 0 unspecified atom stereocenters. The molecule has 2 aromatic rings. The Morgan fingerprint density at radius 3 is 2.20 bits per heavy atom. The van der Waals surface area contributed by atoms with Gasteiger partial charge in [-0.3, -0.25) is 4.79 Å². The third kappa shape index (κ3) is 2.77. The average Bonchev–Trinajstić information content (AvgIpc) is 2.84. The van der Waals surface area contributed by atoms with Gasteiger partial charge < -0.3 is 5.11 Å². The van der Waals surface area contributed by atoms with Crippen molar-refractivity contribution in [1.29, 1.82) is 0 Å². The molecular formula is C15H15NO3S. The first-order valence-electron chi connectivity index (χ1n) is 6.25. The summed E-state index contributed by atoms with van der Waals surface area (Å²) in [7, 11) is 0. The Morgan fingerprint density at radius 2 is 1.80 bits per heavy atom. The van der Waals surface area contributed by atoms with E-state index in [1.54, 1.807) is 0 Å². The van der Waals surface area contributed by atoms with Crippen LogP contribution in [0.25, 0.3) is 10.6 Å². The topological polar surface area (TPSA) is 67.3 Å². The number of Topliss-reactive ketones (excluding diaryl/α,β-unsaturated/α-hetero) is 1. The molecule has 0 fully saturated rings. The molecular weight excluding hydrogens is 274 g/mol. The quantitative estimate of drug-likeness (QED) is 0.868. The van der Waals surface area contributed by atoms with Gasteiger partial charge in [0.15, 0.2) is 11.5 Å². The Labute approximate surface area is 121 Å². The largest absolute Gasteiger partial charge is 0.476 e. The smallest absolute Gasteiger partial charge is 0.356 e. The molecule has 1 aromatic carbocycles. The van der Waals surface area contributed by atoms with Gasteiger partial charge in [0.1, 0.15) is 9.88 Å². The minimum absolute atomic E-state index is 0.162. The normalized spacial score (nSPS) is 10.8. The Hall–Kier alpha value is -2.01. The van der Waals surface area contributed by atoms with Gasteiger partial charge in [-0.15, -0.1) is 11.3 Å². The first-order valence-corrected chi connectivity index (χ1v) is 7.07. The maximum atomic E-state index is 11.5. The number of rotatable bonds is 4. The maximum Gasteiger partial charge on any atom is 0.356 e. The van der Waals surface area contributed by atoms with Crippen LogP contribution < -0.4 is 0 Å². The monoisotopic (exact) mass is 289 g/mol. The van der Waals surface area contributed by atoms with Crippen molar-refractivity contribution in [2.75, 3.05) is 0 Å². The van der Waals surface area contributed by atoms with Crippen LogP contribution >= 0.6 is 11.3 Å². The number of hydrogen-bond acceptors (Lipinski definition) is 4. The number of carbonyl (C=O) groups excluding carboxylic acids is 1. The molecule has 1 N–H and O–H groups in total. The minimum atomic E-state index is -1.17. The molecule has 0 aliphatic carbocycles. The van der Waals surface area contributed by atoms with Crippen molar-refractivity contribution in [2.45, 2.75) is 26.7 Å². The molecule has 4 nitrogen and oxygen atoms in total. The first kappa shape index (κ1) is 14.4. The van der Waals surface area contributed by atoms with E-state index in [2.05, 4.69) is 18.8 Å². The van der Waals surface area contributed by atoms with E-state index in [9.17, 15) is 9.59 Å². The number of hydrogen-bond donors (Lipinski definition) is 1. The first-order chi connectivity index (χ1) is 9.40. The Bertz CT molecular complexity index is 625. The van der Waals surface area contributed by atoms with Gasteiger partial charge in [0.2, 0.25) is 0 Å². The van der Waals surface area contributed by atoms with E-state index >= 15 is 0 Å². The van der Waals surface area contributed by atoms with Crippen molar-refractivity contribution in [3.05, 3.63) is 40.4 Å². The number of carbonyl (C=O) groups is 2. The standard InChI is InChI=1S/C15H15NO3S/c1-8(2)10-4-6-11(7-5-10)14-16-12(15(18)19)13(20-14)9(3)17/h4-8H,1-3H3,(H,18,19). The molecule has 1 heterocycles. The summed E-state index contributed by atoms with van der Waals surface area (Å²) in [6, 6.07) is 7.80. The van der Waals surface area contributed by atoms with Crippen LogP contribution in [-0.2, 0) is 0 Å². The molecule has 0 radical (unpaired) electrons. The summed E-state index contributed by atoms with van der Waals surface area (Å²) in [4.78, 5) is 26.8. The average molecular weight is 289 g/mol. The van der Waals surface area contributed by atoms with Crippen LogP contribution in [0.1, 0.15) is 52.4 Å². The highest BCUT2D eigenvalue weighted by atomic mass is 32.1. The molecule has 0 atom stereocenters. The molecule has 0 saturated carbocycles. The van der Waals surface area contributed by atoms with E-state index < -0.39 is 5.97 Å². The van der Waals surface area contributed by atoms with Gasteiger partial charge in [0, 0.05) is 12.5 Å². The minimum Gasteiger partial charge on any atom is -0.476 e. The molecule has 1 aromatic heterocycles. The summed E-state index contributed by atoms with van der Waals surface area (Å²) in [5.41, 5.74) is 1.87. The van der Waals surface area contributed by atoms with Gasteiger partial charge in [-0.1, -0.05) is 38.1 Å². The summed E-state index contributed by atoms with van der Waals surface area (Å²) in [6.07, 6.45) is 0. The van der Waals surface area contributed by atoms with Crippen molar-refractivity contribution < 1.29 is 14.7 Å². The van der Waals surface area contributed by atoms with Gasteiger partial charge in [0.05, 0.1) is 0 Å². The van der Waals surface area contributed by atoms with Crippen LogP contribution in [0, 0.1) is 0 Å². The van der Waals surface area contributed by atoms with Crippen LogP contribution in [-0.4, -0.2) is 21.8 Å². The third-order valence-electron chi connectivity index (χ3n) is 2.97. The fourth-order valence-corrected chi connectivity index (χ4v) is 2.80. The molecule has 0 amide bonds. The zero-order valence-electron chi connectivity index (χ0n) is 11.5. The predicted molar refractivity (Wildman–Crippen MR) is 78.6 cm³/mol. The lowest BCUT2D eigenvalue weighted by atomic mass is 10.0. The second-order valence-corrected chi connectivity index (χ2v) is 5.83. The van der Waals surface area contributed by atoms with Crippen LogP contribution in [0.15, 0.2) is 24.3 Å². The van der Waals surface area contributed by atoms with Crippen LogP contribution in [0.2, 0.25) is 0 Å². The van der Waals surface area contributed by atoms with Crippen LogP contribution in [0.5, 0.6) is 0 Å². The highest BCUT2D eigenvalue weighted by Gasteiger charge is 2.21. The molecule has 0 saturated heterocycles. The number of carboxylic acids is 1. The summed E-state index contributed by atoms with van der Waals surface area (Å²) < 4.78 is 0. The number of aromatic nitrogens is 1. The van der Waals surface area contributed by atoms with E-state index in [1.807, 2.05) is 24.3 Å². The number of ketones is 1. The lowest BCUT2D eigenvalue weighted by molar-refractivity contribution is 0.0687. The van der Waals surface area contributed by atoms with E-state index in [-0.39, 0.29) is 16.4 Å². The van der Waals surface area contributed by atoms with Gasteiger partial charge in [-0.05, 0) is 11.5 Å². The van der Waals surface area contributed by atoms with E-state index in [1.165, 1.54) is 12.5 Å². The van der Waals surface area contributed by atoms with E-state index in [0.717, 1.165) is 16.9 Å². The molecule has 0 bridgehead atoms. The molecule has 5 heteroatoms. The lowest BCUT2D eigenvalue weighted by Crippen LogP contribution is -2.03. The number of nitrogens with zero attached hydrogens (tertiary/aromatic N) is 1. The van der Waals surface area contributed by atoms with Gasteiger partial charge >= 0.3 is 5.97 Å². The number of benzene rings is 1. The van der Waals surface area contributed by atoms with Crippen molar-refractivity contribution in [2.24, 2.45) is 0 Å². The second-order valence-electron chi connectivity index (χ2n) is 4.83. The van der Waals surface area contributed by atoms with Gasteiger partial charge in [-0.2, -0.15) is 0 Å². The summed E-state index contributed by atoms with van der Waals surface area (Å²) in [5, 5.41) is 9.64. The maximum absolute atomic E-state index is 11.5. The Balaban J connectivity index is 2.45. The number of aromatic carboxylic acids is 1. The van der Waals surface area contributed by atoms with Crippen molar-refractivity contribution >= 4 is 23.1 Å². The fourth-order valence-electron chi connectivity index (χ4n) is 1.84. The SMILES string of the molecule is CC(=O)c1sc(-c2ccc(C(C)C)cc2)nc1C(=O)O. The van der Waals surface area contributed by atoms with E-state index in [0.29, 0.717) is 10.9 Å². The molecule has 104 valence electrons. The Kier molecular flexibility index (Phi) is 3.99. The highest BCUT2D eigenvalue weighted by molar-refractivity contribution is 7.17. The number of carboxylic acid groups (broad SMARTS) is 1. The predicted octanol–water partition coefficient (Wildman–Crippen LogP) is 3.83. The third-order valence-corrected chi connectivity index (χ3v) is 4.18. The molecule has 0 aliphatic heterocycles. The van der Waals surface area contributed by atoms with Crippen LogP contribution in [0.3, 0.4) is 0 Å². The highest BCUT2D eigenvalue weighted by Crippen LogP contribution is 2.29. The van der Waals surface area contributed by atoms with E-state index in [4.69, 9.17) is 5.11 Å². The fraction of sp³-hybridized carbons (Fsp3) is 0.267. The molecule has 0 spiro atoms. The van der Waals surface area contributed by atoms with Gasteiger partial charge in [0.25, 0.3) is 0 Å². The Morgan fingerprint density at radius 1 is 1.20 bits per heavy atom. The summed E-state index contributed by atoms with van der Waals surface area (Å²) >= 11 is 1.12. The molecule has 20 heavy (non-hydrogen) atoms.